The Bertz CT molecular complexity index is 840. The summed E-state index contributed by atoms with van der Waals surface area (Å²) in [6, 6.07) is 11.2. The Morgan fingerprint density at radius 2 is 1.86 bits per heavy atom. The van der Waals surface area contributed by atoms with Crippen LogP contribution in [0.4, 0.5) is 0 Å². The van der Waals surface area contributed by atoms with Crippen molar-refractivity contribution in [3.63, 3.8) is 0 Å². The van der Waals surface area contributed by atoms with Crippen molar-refractivity contribution >= 4 is 16.7 Å². The van der Waals surface area contributed by atoms with Crippen LogP contribution in [-0.4, -0.2) is 20.9 Å². The number of H-pyrrole nitrogens is 1. The molecule has 4 nitrogen and oxygen atoms in total. The number of aromatic nitrogens is 2. The fourth-order valence-electron chi connectivity index (χ4n) is 2.48. The maximum absolute atomic E-state index is 11.4. The average molecular weight is 294 g/mol. The number of nitrogens with zero attached hydrogens (tertiary/aromatic N) is 1. The van der Waals surface area contributed by atoms with Crippen molar-refractivity contribution in [3.8, 4) is 11.3 Å². The summed E-state index contributed by atoms with van der Waals surface area (Å²) in [4.78, 5) is 19.1. The van der Waals surface area contributed by atoms with Crippen LogP contribution in [0.25, 0.3) is 22.2 Å². The zero-order valence-corrected chi connectivity index (χ0v) is 12.8. The van der Waals surface area contributed by atoms with Gasteiger partial charge in [-0.3, -0.25) is 9.78 Å². The lowest BCUT2D eigenvalue weighted by Gasteiger charge is -2.14. The number of rotatable bonds is 3. The molecule has 0 saturated heterocycles. The highest BCUT2D eigenvalue weighted by Crippen LogP contribution is 2.30. The fourth-order valence-corrected chi connectivity index (χ4v) is 2.48. The van der Waals surface area contributed by atoms with E-state index in [9.17, 15) is 9.90 Å². The normalized spacial score (nSPS) is 11.8. The lowest BCUT2D eigenvalue weighted by molar-refractivity contribution is 0.0746. The minimum Gasteiger partial charge on any atom is -0.384 e. The number of pyridine rings is 1. The Morgan fingerprint density at radius 1 is 1.18 bits per heavy atom. The van der Waals surface area contributed by atoms with E-state index in [4.69, 9.17) is 0 Å². The predicted molar refractivity (Wildman–Crippen MR) is 86.8 cm³/mol. The van der Waals surface area contributed by atoms with E-state index in [1.165, 1.54) is 0 Å². The third kappa shape index (κ3) is 2.53. The minimum atomic E-state index is -0.936. The van der Waals surface area contributed by atoms with Gasteiger partial charge in [0.15, 0.2) is 5.78 Å². The van der Waals surface area contributed by atoms with Gasteiger partial charge >= 0.3 is 0 Å². The number of hydrogen-bond acceptors (Lipinski definition) is 3. The molecule has 112 valence electrons. The van der Waals surface area contributed by atoms with E-state index in [0.29, 0.717) is 5.56 Å². The largest absolute Gasteiger partial charge is 0.384 e. The van der Waals surface area contributed by atoms with Crippen LogP contribution in [0.3, 0.4) is 0 Å². The molecule has 0 saturated carbocycles. The zero-order chi connectivity index (χ0) is 15.9. The van der Waals surface area contributed by atoms with Crippen molar-refractivity contribution in [1.29, 1.82) is 0 Å². The molecule has 0 aliphatic heterocycles. The van der Waals surface area contributed by atoms with Crippen LogP contribution in [0, 0.1) is 0 Å². The molecule has 2 aromatic heterocycles. The zero-order valence-electron chi connectivity index (χ0n) is 12.8. The third-order valence-electron chi connectivity index (χ3n) is 3.77. The van der Waals surface area contributed by atoms with Gasteiger partial charge in [0.25, 0.3) is 0 Å². The van der Waals surface area contributed by atoms with Gasteiger partial charge in [0.1, 0.15) is 0 Å². The molecule has 0 atom stereocenters. The summed E-state index contributed by atoms with van der Waals surface area (Å²) in [7, 11) is 0. The van der Waals surface area contributed by atoms with Gasteiger partial charge in [0.05, 0.1) is 11.3 Å². The first-order valence-corrected chi connectivity index (χ1v) is 7.18. The van der Waals surface area contributed by atoms with Crippen LogP contribution in [0.2, 0.25) is 0 Å². The first-order valence-electron chi connectivity index (χ1n) is 7.18. The molecule has 0 spiro atoms. The van der Waals surface area contributed by atoms with Gasteiger partial charge in [-0.05, 0) is 32.9 Å². The van der Waals surface area contributed by atoms with Crippen LogP contribution in [0.5, 0.6) is 0 Å². The highest BCUT2D eigenvalue weighted by atomic mass is 16.3. The summed E-state index contributed by atoms with van der Waals surface area (Å²) in [6.07, 6.45) is 1.74. The molecule has 0 aliphatic rings. The number of aromatic amines is 1. The first kappa shape index (κ1) is 14.5. The molecule has 3 aromatic rings. The van der Waals surface area contributed by atoms with Crippen molar-refractivity contribution in [1.82, 2.24) is 9.97 Å². The number of ketones is 1. The Morgan fingerprint density at radius 3 is 2.45 bits per heavy atom. The van der Waals surface area contributed by atoms with Crippen molar-refractivity contribution in [3.05, 3.63) is 53.9 Å². The van der Waals surface area contributed by atoms with E-state index < -0.39 is 5.60 Å². The second-order valence-electron chi connectivity index (χ2n) is 6.00. The second kappa shape index (κ2) is 5.07. The van der Waals surface area contributed by atoms with Gasteiger partial charge in [-0.2, -0.15) is 0 Å². The number of carbonyl (C=O) groups excluding carboxylic acids is 1. The average Bonchev–Trinajstić information content (AvgIpc) is 2.91. The molecular formula is C18H18N2O2. The highest BCUT2D eigenvalue weighted by Gasteiger charge is 2.20. The fraction of sp³-hybridized carbons (Fsp3) is 0.222. The number of aliphatic hydroxyl groups is 1. The SMILES string of the molecule is CC(=O)c1ccc(-c2nccc3[nH]c(C(C)(C)O)cc23)cc1. The Balaban J connectivity index is 2.14. The quantitative estimate of drug-likeness (QED) is 0.724. The van der Waals surface area contributed by atoms with Gasteiger partial charge in [0.2, 0.25) is 0 Å². The molecule has 0 bridgehead atoms. The Hall–Kier alpha value is -2.46. The monoisotopic (exact) mass is 294 g/mol. The molecule has 0 aliphatic carbocycles. The lowest BCUT2D eigenvalue weighted by Crippen LogP contribution is -2.15. The number of benzene rings is 1. The van der Waals surface area contributed by atoms with Gasteiger partial charge in [0, 0.05) is 33.9 Å². The Kier molecular flexibility index (Phi) is 3.34. The third-order valence-corrected chi connectivity index (χ3v) is 3.77. The molecule has 22 heavy (non-hydrogen) atoms. The molecule has 3 rings (SSSR count). The molecule has 0 unspecified atom stereocenters. The molecule has 0 amide bonds. The van der Waals surface area contributed by atoms with E-state index in [1.54, 1.807) is 27.0 Å². The molecule has 1 aromatic carbocycles. The van der Waals surface area contributed by atoms with Crippen molar-refractivity contribution in [2.75, 3.05) is 0 Å². The number of hydrogen-bond donors (Lipinski definition) is 2. The molecular weight excluding hydrogens is 276 g/mol. The summed E-state index contributed by atoms with van der Waals surface area (Å²) in [5.41, 5.74) is 3.20. The smallest absolute Gasteiger partial charge is 0.159 e. The van der Waals surface area contributed by atoms with Gasteiger partial charge in [-0.15, -0.1) is 0 Å². The summed E-state index contributed by atoms with van der Waals surface area (Å²) in [5, 5.41) is 11.1. The van der Waals surface area contributed by atoms with Gasteiger partial charge in [-0.1, -0.05) is 24.3 Å². The molecule has 0 radical (unpaired) electrons. The number of nitrogens with one attached hydrogen (secondary N) is 1. The van der Waals surface area contributed by atoms with E-state index in [1.807, 2.05) is 36.4 Å². The number of carbonyl (C=O) groups is 1. The van der Waals surface area contributed by atoms with Crippen molar-refractivity contribution in [2.45, 2.75) is 26.4 Å². The standard InChI is InChI=1S/C18H18N2O2/c1-11(21)12-4-6-13(7-5-12)17-14-10-16(18(2,3)22)20-15(14)8-9-19-17/h4-10,20,22H,1-3H3. The topological polar surface area (TPSA) is 66.0 Å². The van der Waals surface area contributed by atoms with Gasteiger partial charge in [-0.25, -0.2) is 0 Å². The molecule has 2 heterocycles. The first-order chi connectivity index (χ1) is 10.4. The number of fused-ring (bicyclic) bond motifs is 1. The molecule has 4 heteroatoms. The number of Topliss-reactive ketones (excluding diaryl/α,β-unsaturated/α-hetero) is 1. The summed E-state index contributed by atoms with van der Waals surface area (Å²) in [6.45, 7) is 5.04. The van der Waals surface area contributed by atoms with Crippen LogP contribution in [-0.2, 0) is 5.60 Å². The van der Waals surface area contributed by atoms with Crippen LogP contribution in [0.15, 0.2) is 42.6 Å². The van der Waals surface area contributed by atoms with Crippen molar-refractivity contribution in [2.24, 2.45) is 0 Å². The summed E-state index contributed by atoms with van der Waals surface area (Å²) >= 11 is 0. The molecule has 2 N–H and O–H groups in total. The second-order valence-corrected chi connectivity index (χ2v) is 6.00. The van der Waals surface area contributed by atoms with E-state index in [-0.39, 0.29) is 5.78 Å². The highest BCUT2D eigenvalue weighted by molar-refractivity contribution is 5.96. The summed E-state index contributed by atoms with van der Waals surface area (Å²) < 4.78 is 0. The van der Waals surface area contributed by atoms with E-state index in [0.717, 1.165) is 27.9 Å². The Labute approximate surface area is 128 Å². The van der Waals surface area contributed by atoms with Crippen LogP contribution >= 0.6 is 0 Å². The maximum atomic E-state index is 11.4. The van der Waals surface area contributed by atoms with Crippen molar-refractivity contribution < 1.29 is 9.90 Å². The van der Waals surface area contributed by atoms with E-state index in [2.05, 4.69) is 9.97 Å². The summed E-state index contributed by atoms with van der Waals surface area (Å²) in [5.74, 6) is 0.0451. The lowest BCUT2D eigenvalue weighted by atomic mass is 10.0. The molecule has 0 fully saturated rings. The van der Waals surface area contributed by atoms with E-state index >= 15 is 0 Å². The minimum absolute atomic E-state index is 0.0451. The van der Waals surface area contributed by atoms with Crippen LogP contribution in [0.1, 0.15) is 36.8 Å². The predicted octanol–water partition coefficient (Wildman–Crippen LogP) is 3.66. The maximum Gasteiger partial charge on any atom is 0.159 e. The van der Waals surface area contributed by atoms with Gasteiger partial charge < -0.3 is 10.1 Å². The van der Waals surface area contributed by atoms with Crippen LogP contribution < -0.4 is 0 Å².